The third-order valence-electron chi connectivity index (χ3n) is 6.75. The summed E-state index contributed by atoms with van der Waals surface area (Å²) in [7, 11) is 0. The number of alkyl halides is 1. The highest BCUT2D eigenvalue weighted by Crippen LogP contribution is 2.47. The van der Waals surface area contributed by atoms with Crippen LogP contribution in [0.15, 0.2) is 66.9 Å². The molecule has 0 radical (unpaired) electrons. The average Bonchev–Trinajstić information content (AvgIpc) is 2.84. The number of hydrogen-bond acceptors (Lipinski definition) is 5. The van der Waals surface area contributed by atoms with E-state index in [0.717, 1.165) is 53.0 Å². The highest BCUT2D eigenvalue weighted by Gasteiger charge is 2.30. The summed E-state index contributed by atoms with van der Waals surface area (Å²) >= 11 is 0. The normalized spacial score (nSPS) is 17.4. The predicted molar refractivity (Wildman–Crippen MR) is 129 cm³/mol. The Morgan fingerprint density at radius 2 is 1.86 bits per heavy atom. The van der Waals surface area contributed by atoms with Gasteiger partial charge in [0.2, 0.25) is 0 Å². The van der Waals surface area contributed by atoms with E-state index in [-0.39, 0.29) is 24.2 Å². The topological polar surface area (TPSA) is 54.8 Å². The van der Waals surface area contributed by atoms with E-state index in [9.17, 15) is 13.9 Å². The molecule has 178 valence electrons. The Morgan fingerprint density at radius 1 is 1.03 bits per heavy atom. The molecule has 0 saturated carbocycles. The lowest BCUT2D eigenvalue weighted by molar-refractivity contribution is 0.0668. The minimum atomic E-state index is -0.484. The van der Waals surface area contributed by atoms with Gasteiger partial charge in [0.05, 0.1) is 12.2 Å². The molecule has 0 spiro atoms. The Balaban J connectivity index is 1.30. The molecule has 0 bridgehead atoms. The number of nitrogens with zero attached hydrogens (tertiary/aromatic N) is 2. The van der Waals surface area contributed by atoms with E-state index < -0.39 is 6.10 Å². The number of fused-ring (bicyclic) bond motifs is 5. The summed E-state index contributed by atoms with van der Waals surface area (Å²) in [6.45, 7) is 2.63. The molecular weight excluding hydrogens is 450 g/mol. The van der Waals surface area contributed by atoms with Gasteiger partial charge >= 0.3 is 0 Å². The van der Waals surface area contributed by atoms with E-state index in [0.29, 0.717) is 17.9 Å². The molecule has 2 aliphatic rings. The third-order valence-corrected chi connectivity index (χ3v) is 6.75. The number of phenols is 1. The molecule has 1 aromatic heterocycles. The SMILES string of the molecule is Oc1ccc2c3c(cnc2c1)-c1ccc(F)cc1O[C@@H]3c1ccc(OCCN2CC(CF)C2)cc1. The Kier molecular flexibility index (Phi) is 5.49. The summed E-state index contributed by atoms with van der Waals surface area (Å²) in [6, 6.07) is 17.3. The first-order valence-electron chi connectivity index (χ1n) is 11.7. The minimum Gasteiger partial charge on any atom is -0.508 e. The number of hydrogen-bond donors (Lipinski definition) is 1. The lowest BCUT2D eigenvalue weighted by Crippen LogP contribution is -2.49. The Bertz CT molecular complexity index is 1390. The van der Waals surface area contributed by atoms with Crippen LogP contribution in [0.2, 0.25) is 0 Å². The van der Waals surface area contributed by atoms with Crippen LogP contribution in [-0.4, -0.2) is 47.9 Å². The van der Waals surface area contributed by atoms with Crippen LogP contribution < -0.4 is 9.47 Å². The summed E-state index contributed by atoms with van der Waals surface area (Å²) in [6.07, 6.45) is 1.27. The summed E-state index contributed by atoms with van der Waals surface area (Å²) in [4.78, 5) is 6.71. The van der Waals surface area contributed by atoms with Crippen LogP contribution >= 0.6 is 0 Å². The smallest absolute Gasteiger partial charge is 0.150 e. The van der Waals surface area contributed by atoms with Gasteiger partial charge in [0.1, 0.15) is 29.7 Å². The van der Waals surface area contributed by atoms with Crippen molar-refractivity contribution in [2.45, 2.75) is 6.10 Å². The zero-order chi connectivity index (χ0) is 23.9. The number of rotatable bonds is 6. The van der Waals surface area contributed by atoms with E-state index >= 15 is 0 Å². The maximum Gasteiger partial charge on any atom is 0.150 e. The first-order chi connectivity index (χ1) is 17.1. The van der Waals surface area contributed by atoms with Crippen LogP contribution in [0, 0.1) is 11.7 Å². The molecule has 1 atom stereocenters. The van der Waals surface area contributed by atoms with Gasteiger partial charge in [-0.3, -0.25) is 14.3 Å². The molecule has 35 heavy (non-hydrogen) atoms. The van der Waals surface area contributed by atoms with E-state index in [4.69, 9.17) is 9.47 Å². The second-order valence-corrected chi connectivity index (χ2v) is 9.12. The first-order valence-corrected chi connectivity index (χ1v) is 11.7. The summed E-state index contributed by atoms with van der Waals surface area (Å²) in [5.74, 6) is 1.14. The lowest BCUT2D eigenvalue weighted by Gasteiger charge is -2.37. The molecular formula is C28H24F2N2O3. The number of aromatic nitrogens is 1. The van der Waals surface area contributed by atoms with Gasteiger partial charge in [-0.2, -0.15) is 0 Å². The maximum absolute atomic E-state index is 14.0. The predicted octanol–water partition coefficient (Wildman–Crippen LogP) is 5.51. The highest BCUT2D eigenvalue weighted by molar-refractivity contribution is 5.92. The zero-order valence-corrected chi connectivity index (χ0v) is 19.0. The van der Waals surface area contributed by atoms with Crippen LogP contribution in [0.5, 0.6) is 17.2 Å². The van der Waals surface area contributed by atoms with Crippen molar-refractivity contribution in [1.29, 1.82) is 0 Å². The van der Waals surface area contributed by atoms with Crippen LogP contribution in [0.3, 0.4) is 0 Å². The fourth-order valence-corrected chi connectivity index (χ4v) is 4.93. The number of benzene rings is 3. The van der Waals surface area contributed by atoms with E-state index in [1.165, 1.54) is 12.1 Å². The third kappa shape index (κ3) is 4.06. The second kappa shape index (κ2) is 8.82. The molecule has 5 nitrogen and oxygen atoms in total. The van der Waals surface area contributed by atoms with E-state index in [1.807, 2.05) is 30.3 Å². The Labute approximate surface area is 201 Å². The number of halogens is 2. The summed E-state index contributed by atoms with van der Waals surface area (Å²) < 4.78 is 38.9. The van der Waals surface area contributed by atoms with Crippen LogP contribution in [0.4, 0.5) is 8.78 Å². The fourth-order valence-electron chi connectivity index (χ4n) is 4.93. The zero-order valence-electron chi connectivity index (χ0n) is 19.0. The largest absolute Gasteiger partial charge is 0.508 e. The van der Waals surface area contributed by atoms with Crippen molar-refractivity contribution in [3.8, 4) is 28.4 Å². The van der Waals surface area contributed by atoms with Gasteiger partial charge < -0.3 is 14.6 Å². The number of ether oxygens (including phenoxy) is 2. The van der Waals surface area contributed by atoms with Crippen molar-refractivity contribution in [3.63, 3.8) is 0 Å². The molecule has 1 fully saturated rings. The number of pyridine rings is 1. The number of aromatic hydroxyl groups is 1. The molecule has 0 amide bonds. The molecule has 6 rings (SSSR count). The Morgan fingerprint density at radius 3 is 2.66 bits per heavy atom. The van der Waals surface area contributed by atoms with Crippen molar-refractivity contribution in [3.05, 3.63) is 83.8 Å². The molecule has 1 N–H and O–H groups in total. The summed E-state index contributed by atoms with van der Waals surface area (Å²) in [5, 5.41) is 10.8. The molecule has 3 aromatic carbocycles. The quantitative estimate of drug-likeness (QED) is 0.400. The molecule has 7 heteroatoms. The monoisotopic (exact) mass is 474 g/mol. The second-order valence-electron chi connectivity index (χ2n) is 9.12. The van der Waals surface area contributed by atoms with Crippen molar-refractivity contribution in [2.24, 2.45) is 5.92 Å². The lowest BCUT2D eigenvalue weighted by atomic mass is 9.88. The molecule has 1 saturated heterocycles. The first kappa shape index (κ1) is 21.8. The van der Waals surface area contributed by atoms with Crippen molar-refractivity contribution >= 4 is 10.9 Å². The molecule has 4 aromatic rings. The van der Waals surface area contributed by atoms with E-state index in [2.05, 4.69) is 9.88 Å². The van der Waals surface area contributed by atoms with Gasteiger partial charge in [-0.1, -0.05) is 12.1 Å². The highest BCUT2D eigenvalue weighted by atomic mass is 19.1. The maximum atomic E-state index is 14.0. The van der Waals surface area contributed by atoms with Crippen LogP contribution in [0.25, 0.3) is 22.0 Å². The van der Waals surface area contributed by atoms with Gasteiger partial charge in [0.25, 0.3) is 0 Å². The van der Waals surface area contributed by atoms with Crippen molar-refractivity contribution < 1.29 is 23.4 Å². The fraction of sp³-hybridized carbons (Fsp3) is 0.250. The van der Waals surface area contributed by atoms with Gasteiger partial charge in [0.15, 0.2) is 6.10 Å². The van der Waals surface area contributed by atoms with Gasteiger partial charge in [-0.05, 0) is 42.0 Å². The van der Waals surface area contributed by atoms with Crippen molar-refractivity contribution in [1.82, 2.24) is 9.88 Å². The van der Waals surface area contributed by atoms with Crippen LogP contribution in [-0.2, 0) is 0 Å². The summed E-state index contributed by atoms with van der Waals surface area (Å²) in [5.41, 5.74) is 4.12. The standard InChI is InChI=1S/C28H24F2N2O3/c29-13-17-15-32(16-17)9-10-34-21-5-1-18(2-6-21)28-27-23-8-4-20(33)12-25(23)31-14-24(27)22-7-3-19(30)11-26(22)35-28/h1-8,11-12,14,17,28,33H,9-10,13,15-16H2/t28-/m1/s1. The van der Waals surface area contributed by atoms with Gasteiger partial charge in [0, 0.05) is 66.0 Å². The molecule has 0 unspecified atom stereocenters. The minimum absolute atomic E-state index is 0.139. The van der Waals surface area contributed by atoms with Gasteiger partial charge in [-0.25, -0.2) is 4.39 Å². The average molecular weight is 475 g/mol. The van der Waals surface area contributed by atoms with E-state index in [1.54, 1.807) is 24.4 Å². The number of likely N-dealkylation sites (tertiary alicyclic amines) is 1. The van der Waals surface area contributed by atoms with Crippen LogP contribution in [0.1, 0.15) is 17.2 Å². The number of phenolic OH excluding ortho intramolecular Hbond substituents is 1. The molecule has 3 heterocycles. The molecule has 2 aliphatic heterocycles. The molecule has 0 aliphatic carbocycles. The Hall–Kier alpha value is -3.71. The van der Waals surface area contributed by atoms with Crippen molar-refractivity contribution in [2.75, 3.05) is 32.9 Å². The van der Waals surface area contributed by atoms with Gasteiger partial charge in [-0.15, -0.1) is 0 Å².